The molecule has 3 N–H and O–H groups in total. The molecule has 0 fully saturated rings. The van der Waals surface area contributed by atoms with E-state index in [9.17, 15) is 10.2 Å². The minimum Gasteiger partial charge on any atom is -0.396 e. The second kappa shape index (κ2) is 6.20. The van der Waals surface area contributed by atoms with Gasteiger partial charge >= 0.3 is 0 Å². The molecule has 1 aromatic carbocycles. The lowest BCUT2D eigenvalue weighted by molar-refractivity contribution is 0.0367. The zero-order valence-corrected chi connectivity index (χ0v) is 8.30. The Labute approximate surface area is 89.0 Å². The maximum Gasteiger partial charge on any atom is 0.140 e. The molecule has 0 saturated heterocycles. The van der Waals surface area contributed by atoms with Crippen molar-refractivity contribution in [1.29, 1.82) is 0 Å². The van der Waals surface area contributed by atoms with Crippen molar-refractivity contribution >= 4 is 0 Å². The van der Waals surface area contributed by atoms with Crippen LogP contribution in [0.5, 0.6) is 0 Å². The van der Waals surface area contributed by atoms with Gasteiger partial charge in [0.15, 0.2) is 0 Å². The molecule has 0 aliphatic heterocycles. The zero-order chi connectivity index (χ0) is 11.1. The van der Waals surface area contributed by atoms with E-state index in [1.165, 1.54) is 0 Å². The summed E-state index contributed by atoms with van der Waals surface area (Å²) in [4.78, 5) is 0. The highest BCUT2D eigenvalue weighted by Crippen LogP contribution is 1.99. The number of aliphatic hydroxyl groups excluding tert-OH is 3. The molecule has 0 aromatic heterocycles. The van der Waals surface area contributed by atoms with Crippen molar-refractivity contribution in [3.05, 3.63) is 35.9 Å². The van der Waals surface area contributed by atoms with Crippen LogP contribution >= 0.6 is 0 Å². The Morgan fingerprint density at radius 2 is 1.80 bits per heavy atom. The third-order valence-electron chi connectivity index (χ3n) is 1.93. The largest absolute Gasteiger partial charge is 0.396 e. The van der Waals surface area contributed by atoms with Crippen molar-refractivity contribution in [3.63, 3.8) is 0 Å². The average molecular weight is 206 g/mol. The third-order valence-corrected chi connectivity index (χ3v) is 1.93. The van der Waals surface area contributed by atoms with Crippen molar-refractivity contribution in [3.8, 4) is 11.8 Å². The lowest BCUT2D eigenvalue weighted by Gasteiger charge is -2.10. The molecule has 2 unspecified atom stereocenters. The molecule has 0 saturated carbocycles. The van der Waals surface area contributed by atoms with Crippen molar-refractivity contribution in [2.45, 2.75) is 18.6 Å². The Kier molecular flexibility index (Phi) is 4.85. The van der Waals surface area contributed by atoms with E-state index in [-0.39, 0.29) is 13.0 Å². The van der Waals surface area contributed by atoms with E-state index in [0.29, 0.717) is 0 Å². The topological polar surface area (TPSA) is 60.7 Å². The van der Waals surface area contributed by atoms with Crippen molar-refractivity contribution in [2.24, 2.45) is 0 Å². The first-order chi connectivity index (χ1) is 7.24. The van der Waals surface area contributed by atoms with Crippen molar-refractivity contribution in [2.75, 3.05) is 6.61 Å². The summed E-state index contributed by atoms with van der Waals surface area (Å²) in [5.74, 6) is 5.27. The predicted molar refractivity (Wildman–Crippen MR) is 57.0 cm³/mol. The molecule has 80 valence electrons. The van der Waals surface area contributed by atoms with E-state index in [4.69, 9.17) is 5.11 Å². The number of rotatable bonds is 3. The first-order valence-corrected chi connectivity index (χ1v) is 4.77. The summed E-state index contributed by atoms with van der Waals surface area (Å²) in [7, 11) is 0. The van der Waals surface area contributed by atoms with Gasteiger partial charge in [0.2, 0.25) is 0 Å². The van der Waals surface area contributed by atoms with Crippen LogP contribution in [0.25, 0.3) is 0 Å². The minimum atomic E-state index is -1.11. The lowest BCUT2D eigenvalue weighted by atomic mass is 10.1. The van der Waals surface area contributed by atoms with Crippen LogP contribution < -0.4 is 0 Å². The molecule has 15 heavy (non-hydrogen) atoms. The smallest absolute Gasteiger partial charge is 0.140 e. The van der Waals surface area contributed by atoms with E-state index >= 15 is 0 Å². The summed E-state index contributed by atoms with van der Waals surface area (Å²) in [6, 6.07) is 9.21. The molecular formula is C12H14O3. The molecule has 1 rings (SSSR count). The first kappa shape index (κ1) is 11.7. The van der Waals surface area contributed by atoms with E-state index in [0.717, 1.165) is 5.56 Å². The van der Waals surface area contributed by atoms with Gasteiger partial charge in [-0.1, -0.05) is 30.0 Å². The molecule has 3 heteroatoms. The van der Waals surface area contributed by atoms with E-state index in [1.54, 1.807) is 0 Å². The second-order valence-electron chi connectivity index (χ2n) is 3.16. The van der Waals surface area contributed by atoms with Crippen LogP contribution in [0.1, 0.15) is 12.0 Å². The Morgan fingerprint density at radius 1 is 1.13 bits per heavy atom. The average Bonchev–Trinajstić information content (AvgIpc) is 2.27. The van der Waals surface area contributed by atoms with Gasteiger partial charge in [0.05, 0.1) is 6.10 Å². The number of benzene rings is 1. The first-order valence-electron chi connectivity index (χ1n) is 4.77. The molecule has 0 radical (unpaired) electrons. The maximum atomic E-state index is 9.38. The molecule has 0 bridgehead atoms. The molecule has 0 aliphatic rings. The lowest BCUT2D eigenvalue weighted by Crippen LogP contribution is -2.25. The molecule has 2 atom stereocenters. The van der Waals surface area contributed by atoms with Gasteiger partial charge < -0.3 is 15.3 Å². The fraction of sp³-hybridized carbons (Fsp3) is 0.333. The second-order valence-corrected chi connectivity index (χ2v) is 3.16. The fourth-order valence-corrected chi connectivity index (χ4v) is 1.07. The summed E-state index contributed by atoms with van der Waals surface area (Å²) >= 11 is 0. The summed E-state index contributed by atoms with van der Waals surface area (Å²) in [5.41, 5.74) is 0.785. The van der Waals surface area contributed by atoms with Crippen LogP contribution in [-0.4, -0.2) is 34.1 Å². The summed E-state index contributed by atoms with van der Waals surface area (Å²) in [6.07, 6.45) is -1.98. The molecule has 0 aliphatic carbocycles. The van der Waals surface area contributed by atoms with E-state index in [1.807, 2.05) is 30.3 Å². The zero-order valence-electron chi connectivity index (χ0n) is 8.30. The highest BCUT2D eigenvalue weighted by atomic mass is 16.3. The molecule has 0 amide bonds. The Hall–Kier alpha value is -1.34. The third kappa shape index (κ3) is 4.13. The summed E-state index contributed by atoms with van der Waals surface area (Å²) in [6.45, 7) is -0.161. The van der Waals surface area contributed by atoms with Gasteiger partial charge in [-0.25, -0.2) is 0 Å². The Balaban J connectivity index is 2.58. The van der Waals surface area contributed by atoms with Crippen molar-refractivity contribution in [1.82, 2.24) is 0 Å². The molecule has 0 heterocycles. The Morgan fingerprint density at radius 3 is 2.40 bits per heavy atom. The van der Waals surface area contributed by atoms with Gasteiger partial charge in [0.25, 0.3) is 0 Å². The molecular weight excluding hydrogens is 192 g/mol. The standard InChI is InChI=1S/C12H14O3/c13-9-8-12(15)11(14)7-6-10-4-2-1-3-5-10/h1-5,11-15H,8-9H2. The predicted octanol–water partition coefficient (Wildman–Crippen LogP) is 0.142. The molecule has 1 aromatic rings. The minimum absolute atomic E-state index is 0.130. The van der Waals surface area contributed by atoms with Gasteiger partial charge in [-0.2, -0.15) is 0 Å². The normalized spacial score (nSPS) is 13.8. The Bertz CT molecular complexity index is 337. The molecule has 3 nitrogen and oxygen atoms in total. The summed E-state index contributed by atoms with van der Waals surface area (Å²) < 4.78 is 0. The van der Waals surface area contributed by atoms with E-state index in [2.05, 4.69) is 11.8 Å². The number of aliphatic hydroxyl groups is 3. The van der Waals surface area contributed by atoms with Crippen LogP contribution in [0.2, 0.25) is 0 Å². The van der Waals surface area contributed by atoms with Gasteiger partial charge in [-0.15, -0.1) is 0 Å². The fourth-order valence-electron chi connectivity index (χ4n) is 1.07. The maximum absolute atomic E-state index is 9.38. The quantitative estimate of drug-likeness (QED) is 0.617. The number of hydrogen-bond acceptors (Lipinski definition) is 3. The van der Waals surface area contributed by atoms with Crippen LogP contribution in [0.3, 0.4) is 0 Å². The van der Waals surface area contributed by atoms with Gasteiger partial charge in [0.1, 0.15) is 6.10 Å². The SMILES string of the molecule is OCCC(O)C(O)C#Cc1ccccc1. The summed E-state index contributed by atoms with van der Waals surface area (Å²) in [5, 5.41) is 27.2. The number of hydrogen-bond donors (Lipinski definition) is 3. The van der Waals surface area contributed by atoms with Crippen LogP contribution in [0, 0.1) is 11.8 Å². The monoisotopic (exact) mass is 206 g/mol. The van der Waals surface area contributed by atoms with Crippen LogP contribution in [0.4, 0.5) is 0 Å². The van der Waals surface area contributed by atoms with Gasteiger partial charge in [0, 0.05) is 12.2 Å². The highest BCUT2D eigenvalue weighted by Gasteiger charge is 2.11. The van der Waals surface area contributed by atoms with Crippen LogP contribution in [-0.2, 0) is 0 Å². The van der Waals surface area contributed by atoms with Crippen LogP contribution in [0.15, 0.2) is 30.3 Å². The molecule has 0 spiro atoms. The van der Waals surface area contributed by atoms with E-state index < -0.39 is 12.2 Å². The van der Waals surface area contributed by atoms with Gasteiger partial charge in [-0.05, 0) is 18.6 Å². The van der Waals surface area contributed by atoms with Crippen molar-refractivity contribution < 1.29 is 15.3 Å². The van der Waals surface area contributed by atoms with Gasteiger partial charge in [-0.3, -0.25) is 0 Å². The highest BCUT2D eigenvalue weighted by molar-refractivity contribution is 5.34.